The molecule has 1 aromatic carbocycles. The van der Waals surface area contributed by atoms with Gasteiger partial charge in [-0.1, -0.05) is 12.1 Å². The maximum Gasteiger partial charge on any atom is 0.335 e. The Morgan fingerprint density at radius 3 is 3.05 bits per heavy atom. The first-order valence-corrected chi connectivity index (χ1v) is 7.36. The Morgan fingerprint density at radius 1 is 1.36 bits per heavy atom. The number of carboxylic acid groups (broad SMARTS) is 1. The second-order valence-electron chi connectivity index (χ2n) is 4.56. The van der Waals surface area contributed by atoms with E-state index in [1.807, 2.05) is 18.4 Å². The molecule has 0 saturated heterocycles. The molecule has 0 saturated carbocycles. The quantitative estimate of drug-likeness (QED) is 0.571. The maximum absolute atomic E-state index is 10.9. The first-order chi connectivity index (χ1) is 10.6. The first-order valence-electron chi connectivity index (χ1n) is 6.48. The van der Waals surface area contributed by atoms with E-state index in [0.29, 0.717) is 17.2 Å². The van der Waals surface area contributed by atoms with Crippen LogP contribution in [0.4, 0.5) is 5.82 Å². The van der Waals surface area contributed by atoms with Crippen LogP contribution in [-0.2, 0) is 0 Å². The van der Waals surface area contributed by atoms with Crippen molar-refractivity contribution in [3.8, 4) is 0 Å². The molecule has 2 N–H and O–H groups in total. The van der Waals surface area contributed by atoms with Gasteiger partial charge in [0.25, 0.3) is 0 Å². The van der Waals surface area contributed by atoms with Crippen molar-refractivity contribution in [3.05, 3.63) is 52.7 Å². The molecule has 0 bridgehead atoms. The molecule has 22 heavy (non-hydrogen) atoms. The molecule has 0 fully saturated rings. The second-order valence-corrected chi connectivity index (χ2v) is 5.47. The molecule has 2 heterocycles. The fourth-order valence-electron chi connectivity index (χ4n) is 1.98. The molecule has 7 heteroatoms. The van der Waals surface area contributed by atoms with Crippen LogP contribution in [0, 0.1) is 6.92 Å². The van der Waals surface area contributed by atoms with Crippen LogP contribution >= 0.6 is 11.3 Å². The molecule has 0 radical (unpaired) electrons. The third kappa shape index (κ3) is 2.94. The molecule has 110 valence electrons. The summed E-state index contributed by atoms with van der Waals surface area (Å²) < 4.78 is 0.932. The summed E-state index contributed by atoms with van der Waals surface area (Å²) in [5.41, 5.74) is 4.69. The number of benzene rings is 1. The zero-order chi connectivity index (χ0) is 15.5. The van der Waals surface area contributed by atoms with E-state index in [-0.39, 0.29) is 5.56 Å². The van der Waals surface area contributed by atoms with Crippen LogP contribution in [0.2, 0.25) is 0 Å². The Morgan fingerprint density at radius 2 is 2.23 bits per heavy atom. The van der Waals surface area contributed by atoms with Gasteiger partial charge in [0.05, 0.1) is 22.0 Å². The van der Waals surface area contributed by atoms with Gasteiger partial charge in [-0.05, 0) is 36.1 Å². The van der Waals surface area contributed by atoms with Crippen molar-refractivity contribution < 1.29 is 9.90 Å². The number of aromatic carboxylic acids is 1. The number of fused-ring (bicyclic) bond motifs is 1. The highest BCUT2D eigenvalue weighted by Crippen LogP contribution is 2.25. The lowest BCUT2D eigenvalue weighted by molar-refractivity contribution is 0.0697. The highest BCUT2D eigenvalue weighted by atomic mass is 32.1. The van der Waals surface area contributed by atoms with Crippen LogP contribution < -0.4 is 5.43 Å². The molecule has 6 nitrogen and oxygen atoms in total. The van der Waals surface area contributed by atoms with Gasteiger partial charge in [-0.15, -0.1) is 11.3 Å². The lowest BCUT2D eigenvalue weighted by Crippen LogP contribution is -1.99. The minimum absolute atomic E-state index is 0.225. The molecule has 3 rings (SSSR count). The minimum atomic E-state index is -0.963. The molecule has 0 unspecified atom stereocenters. The van der Waals surface area contributed by atoms with Gasteiger partial charge in [0, 0.05) is 0 Å². The average molecular weight is 312 g/mol. The van der Waals surface area contributed by atoms with E-state index in [1.54, 1.807) is 24.4 Å². The number of hydrogen-bond acceptors (Lipinski definition) is 6. The molecule has 0 aliphatic rings. The van der Waals surface area contributed by atoms with E-state index in [1.165, 1.54) is 17.4 Å². The molecule has 0 aliphatic heterocycles. The minimum Gasteiger partial charge on any atom is -0.478 e. The summed E-state index contributed by atoms with van der Waals surface area (Å²) in [4.78, 5) is 19.6. The van der Waals surface area contributed by atoms with E-state index < -0.39 is 5.97 Å². The summed E-state index contributed by atoms with van der Waals surface area (Å²) in [5, 5.41) is 15.0. The van der Waals surface area contributed by atoms with Crippen molar-refractivity contribution in [2.45, 2.75) is 6.92 Å². The Labute approximate surface area is 130 Å². The number of hydrazone groups is 1. The zero-order valence-corrected chi connectivity index (χ0v) is 12.5. The summed E-state index contributed by atoms with van der Waals surface area (Å²) in [5.74, 6) is 0.342. The summed E-state index contributed by atoms with van der Waals surface area (Å²) in [6.45, 7) is 1.82. The van der Waals surface area contributed by atoms with Gasteiger partial charge >= 0.3 is 5.97 Å². The smallest absolute Gasteiger partial charge is 0.335 e. The van der Waals surface area contributed by atoms with Gasteiger partial charge in [-0.25, -0.2) is 14.8 Å². The fourth-order valence-corrected chi connectivity index (χ4v) is 2.75. The van der Waals surface area contributed by atoms with Crippen LogP contribution in [0.5, 0.6) is 0 Å². The molecule has 0 atom stereocenters. The van der Waals surface area contributed by atoms with E-state index in [4.69, 9.17) is 5.11 Å². The van der Waals surface area contributed by atoms with Crippen LogP contribution in [0.1, 0.15) is 21.7 Å². The predicted octanol–water partition coefficient (Wildman–Crippen LogP) is 3.14. The summed E-state index contributed by atoms with van der Waals surface area (Å²) in [6, 6.07) is 8.48. The fraction of sp³-hybridized carbons (Fsp3) is 0.0667. The highest BCUT2D eigenvalue weighted by molar-refractivity contribution is 7.17. The molecule has 3 aromatic rings. The largest absolute Gasteiger partial charge is 0.478 e. The SMILES string of the molecule is Cc1nc(NN=Cc2cccc(C(=O)O)c2)c2sccc2n1. The van der Waals surface area contributed by atoms with E-state index in [9.17, 15) is 4.79 Å². The van der Waals surface area contributed by atoms with Crippen molar-refractivity contribution in [1.82, 2.24) is 9.97 Å². The number of carboxylic acids is 1. The van der Waals surface area contributed by atoms with Gasteiger partial charge < -0.3 is 5.11 Å². The van der Waals surface area contributed by atoms with E-state index >= 15 is 0 Å². The Bertz CT molecular complexity index is 873. The number of aromatic nitrogens is 2. The van der Waals surface area contributed by atoms with E-state index in [0.717, 1.165) is 10.2 Å². The van der Waals surface area contributed by atoms with Gasteiger partial charge in [0.2, 0.25) is 0 Å². The summed E-state index contributed by atoms with van der Waals surface area (Å²) in [6.07, 6.45) is 1.56. The monoisotopic (exact) mass is 312 g/mol. The first kappa shape index (κ1) is 14.2. The lowest BCUT2D eigenvalue weighted by atomic mass is 10.1. The molecule has 2 aromatic heterocycles. The van der Waals surface area contributed by atoms with Crippen LogP contribution in [-0.4, -0.2) is 27.3 Å². The normalized spacial score (nSPS) is 11.1. The molecule has 0 aliphatic carbocycles. The average Bonchev–Trinajstić information content (AvgIpc) is 2.95. The van der Waals surface area contributed by atoms with Crippen LogP contribution in [0.3, 0.4) is 0 Å². The molecule has 0 amide bonds. The molecular weight excluding hydrogens is 300 g/mol. The van der Waals surface area contributed by atoms with Crippen molar-refractivity contribution >= 4 is 39.6 Å². The van der Waals surface area contributed by atoms with Gasteiger partial charge in [-0.2, -0.15) is 5.10 Å². The zero-order valence-electron chi connectivity index (χ0n) is 11.6. The van der Waals surface area contributed by atoms with Crippen molar-refractivity contribution in [2.75, 3.05) is 5.43 Å². The highest BCUT2D eigenvalue weighted by Gasteiger charge is 2.06. The van der Waals surface area contributed by atoms with Gasteiger partial charge in [-0.3, -0.25) is 5.43 Å². The van der Waals surface area contributed by atoms with Crippen LogP contribution in [0.25, 0.3) is 10.2 Å². The number of carbonyl (C=O) groups is 1. The number of nitrogens with zero attached hydrogens (tertiary/aromatic N) is 3. The number of nitrogens with one attached hydrogen (secondary N) is 1. The number of hydrogen-bond donors (Lipinski definition) is 2. The summed E-state index contributed by atoms with van der Waals surface area (Å²) in [7, 11) is 0. The third-order valence-corrected chi connectivity index (χ3v) is 3.84. The van der Waals surface area contributed by atoms with Crippen LogP contribution in [0.15, 0.2) is 40.8 Å². The van der Waals surface area contributed by atoms with Crippen molar-refractivity contribution in [2.24, 2.45) is 5.10 Å². The number of anilines is 1. The Balaban J connectivity index is 1.83. The predicted molar refractivity (Wildman–Crippen MR) is 86.8 cm³/mol. The number of aryl methyl sites for hydroxylation is 1. The van der Waals surface area contributed by atoms with Gasteiger partial charge in [0.15, 0.2) is 5.82 Å². The maximum atomic E-state index is 10.9. The number of thiophene rings is 1. The molecular formula is C15H12N4O2S. The van der Waals surface area contributed by atoms with Gasteiger partial charge in [0.1, 0.15) is 5.82 Å². The topological polar surface area (TPSA) is 87.5 Å². The third-order valence-electron chi connectivity index (χ3n) is 2.93. The van der Waals surface area contributed by atoms with Crippen molar-refractivity contribution in [3.63, 3.8) is 0 Å². The molecule has 0 spiro atoms. The van der Waals surface area contributed by atoms with Crippen molar-refractivity contribution in [1.29, 1.82) is 0 Å². The standard InChI is InChI=1S/C15H12N4O2S/c1-9-17-12-5-6-22-13(12)14(18-9)19-16-8-10-3-2-4-11(7-10)15(20)21/h2-8H,1H3,(H,20,21)(H,17,18,19). The van der Waals surface area contributed by atoms with E-state index in [2.05, 4.69) is 20.5 Å². The Kier molecular flexibility index (Phi) is 3.80. The number of rotatable bonds is 4. The Hall–Kier alpha value is -2.80. The second kappa shape index (κ2) is 5.90. The lowest BCUT2D eigenvalue weighted by Gasteiger charge is -2.02. The summed E-state index contributed by atoms with van der Waals surface area (Å²) >= 11 is 1.54.